The maximum atomic E-state index is 13.9. The van der Waals surface area contributed by atoms with Gasteiger partial charge in [0.25, 0.3) is 0 Å². The molecule has 0 fully saturated rings. The zero-order valence-corrected chi connectivity index (χ0v) is 9.97. The molecule has 0 bridgehead atoms. The predicted molar refractivity (Wildman–Crippen MR) is 62.8 cm³/mol. The number of nitrogens with one attached hydrogen (secondary N) is 1. The Morgan fingerprint density at radius 3 is 2.40 bits per heavy atom. The molecular formula is C13H20FN. The van der Waals surface area contributed by atoms with Crippen LogP contribution in [0.1, 0.15) is 38.1 Å². The summed E-state index contributed by atoms with van der Waals surface area (Å²) in [4.78, 5) is 0. The fourth-order valence-corrected chi connectivity index (χ4v) is 1.44. The smallest absolute Gasteiger partial charge is 0.138 e. The van der Waals surface area contributed by atoms with E-state index in [1.54, 1.807) is 0 Å². The van der Waals surface area contributed by atoms with Crippen LogP contribution in [0.15, 0.2) is 24.3 Å². The lowest BCUT2D eigenvalue weighted by Gasteiger charge is -2.22. The summed E-state index contributed by atoms with van der Waals surface area (Å²) in [5.74, 6) is 0. The summed E-state index contributed by atoms with van der Waals surface area (Å²) >= 11 is 0. The molecule has 0 saturated carbocycles. The summed E-state index contributed by atoms with van der Waals surface area (Å²) in [6.45, 7) is 8.43. The van der Waals surface area contributed by atoms with E-state index < -0.39 is 6.17 Å². The molecule has 1 nitrogen and oxygen atoms in total. The monoisotopic (exact) mass is 209 g/mol. The lowest BCUT2D eigenvalue weighted by atomic mass is 10.0. The first-order chi connectivity index (χ1) is 6.90. The molecule has 0 aliphatic carbocycles. The van der Waals surface area contributed by atoms with Gasteiger partial charge in [0.2, 0.25) is 0 Å². The van der Waals surface area contributed by atoms with E-state index in [4.69, 9.17) is 0 Å². The van der Waals surface area contributed by atoms with Crippen molar-refractivity contribution in [3.8, 4) is 0 Å². The molecule has 0 radical (unpaired) electrons. The largest absolute Gasteiger partial charge is 0.309 e. The van der Waals surface area contributed by atoms with Crippen LogP contribution < -0.4 is 5.32 Å². The third-order valence-corrected chi connectivity index (χ3v) is 2.34. The topological polar surface area (TPSA) is 12.0 Å². The Balaban J connectivity index is 2.62. The summed E-state index contributed by atoms with van der Waals surface area (Å²) in [5, 5.41) is 3.17. The van der Waals surface area contributed by atoms with Gasteiger partial charge in [0.05, 0.1) is 0 Å². The Morgan fingerprint density at radius 2 is 1.87 bits per heavy atom. The van der Waals surface area contributed by atoms with Crippen LogP contribution in [-0.4, -0.2) is 12.1 Å². The Morgan fingerprint density at radius 1 is 1.27 bits per heavy atom. The molecule has 1 rings (SSSR count). The lowest BCUT2D eigenvalue weighted by molar-refractivity contribution is 0.290. The standard InChI is InChI=1S/C13H20FN/c1-10-7-5-6-8-11(10)12(14)9-15-13(2,3)4/h5-8,12,15H,9H2,1-4H3. The van der Waals surface area contributed by atoms with Gasteiger partial charge in [-0.05, 0) is 38.8 Å². The zero-order chi connectivity index (χ0) is 11.5. The van der Waals surface area contributed by atoms with E-state index in [0.717, 1.165) is 11.1 Å². The first-order valence-corrected chi connectivity index (χ1v) is 5.35. The molecule has 1 aromatic rings. The molecule has 0 amide bonds. The van der Waals surface area contributed by atoms with Crippen LogP contribution in [0.4, 0.5) is 4.39 Å². The summed E-state index contributed by atoms with van der Waals surface area (Å²) in [5.41, 5.74) is 1.77. The van der Waals surface area contributed by atoms with Gasteiger partial charge in [-0.25, -0.2) is 4.39 Å². The molecule has 1 aromatic carbocycles. The van der Waals surface area contributed by atoms with Crippen molar-refractivity contribution in [2.75, 3.05) is 6.54 Å². The number of alkyl halides is 1. The second kappa shape index (κ2) is 4.75. The van der Waals surface area contributed by atoms with Crippen molar-refractivity contribution in [2.45, 2.75) is 39.4 Å². The first kappa shape index (κ1) is 12.2. The number of rotatable bonds is 3. The van der Waals surface area contributed by atoms with Gasteiger partial charge in [0.1, 0.15) is 6.17 Å². The maximum absolute atomic E-state index is 13.9. The van der Waals surface area contributed by atoms with E-state index in [2.05, 4.69) is 5.32 Å². The van der Waals surface area contributed by atoms with E-state index in [0.29, 0.717) is 6.54 Å². The van der Waals surface area contributed by atoms with Crippen molar-refractivity contribution < 1.29 is 4.39 Å². The van der Waals surface area contributed by atoms with E-state index >= 15 is 0 Å². The second-order valence-electron chi connectivity index (χ2n) is 4.96. The molecule has 84 valence electrons. The highest BCUT2D eigenvalue weighted by atomic mass is 19.1. The van der Waals surface area contributed by atoms with E-state index in [1.165, 1.54) is 0 Å². The molecule has 15 heavy (non-hydrogen) atoms. The predicted octanol–water partition coefficient (Wildman–Crippen LogP) is 3.39. The van der Waals surface area contributed by atoms with E-state index in [-0.39, 0.29) is 5.54 Å². The van der Waals surface area contributed by atoms with Crippen molar-refractivity contribution in [3.05, 3.63) is 35.4 Å². The summed E-state index contributed by atoms with van der Waals surface area (Å²) in [6.07, 6.45) is -0.926. The van der Waals surface area contributed by atoms with Crippen LogP contribution in [0.2, 0.25) is 0 Å². The molecule has 0 aromatic heterocycles. The highest BCUT2D eigenvalue weighted by Crippen LogP contribution is 2.20. The number of benzene rings is 1. The average molecular weight is 209 g/mol. The fraction of sp³-hybridized carbons (Fsp3) is 0.538. The summed E-state index contributed by atoms with van der Waals surface area (Å²) < 4.78 is 13.9. The molecule has 1 N–H and O–H groups in total. The third-order valence-electron chi connectivity index (χ3n) is 2.34. The minimum atomic E-state index is -0.926. The molecule has 1 atom stereocenters. The van der Waals surface area contributed by atoms with Gasteiger partial charge in [0, 0.05) is 12.1 Å². The van der Waals surface area contributed by atoms with Crippen LogP contribution in [0.25, 0.3) is 0 Å². The highest BCUT2D eigenvalue weighted by molar-refractivity contribution is 5.27. The number of hydrogen-bond donors (Lipinski definition) is 1. The number of halogens is 1. The maximum Gasteiger partial charge on any atom is 0.138 e. The minimum absolute atomic E-state index is 0.0347. The zero-order valence-electron chi connectivity index (χ0n) is 9.97. The lowest BCUT2D eigenvalue weighted by Crippen LogP contribution is -2.38. The summed E-state index contributed by atoms with van der Waals surface area (Å²) in [6, 6.07) is 7.61. The van der Waals surface area contributed by atoms with E-state index in [9.17, 15) is 4.39 Å². The molecule has 0 spiro atoms. The van der Waals surface area contributed by atoms with Crippen LogP contribution in [0.5, 0.6) is 0 Å². The van der Waals surface area contributed by atoms with Crippen molar-refractivity contribution in [2.24, 2.45) is 0 Å². The second-order valence-corrected chi connectivity index (χ2v) is 4.96. The van der Waals surface area contributed by atoms with Gasteiger partial charge < -0.3 is 5.32 Å². The molecule has 0 heterocycles. The Bertz CT molecular complexity index is 315. The van der Waals surface area contributed by atoms with Crippen molar-refractivity contribution in [1.29, 1.82) is 0 Å². The molecule has 0 aliphatic heterocycles. The van der Waals surface area contributed by atoms with Crippen molar-refractivity contribution >= 4 is 0 Å². The Kier molecular flexibility index (Phi) is 3.86. The van der Waals surface area contributed by atoms with Gasteiger partial charge in [-0.2, -0.15) is 0 Å². The van der Waals surface area contributed by atoms with Gasteiger partial charge in [-0.3, -0.25) is 0 Å². The van der Waals surface area contributed by atoms with Crippen molar-refractivity contribution in [3.63, 3.8) is 0 Å². The summed E-state index contributed by atoms with van der Waals surface area (Å²) in [7, 11) is 0. The fourth-order valence-electron chi connectivity index (χ4n) is 1.44. The van der Waals surface area contributed by atoms with Crippen LogP contribution in [0.3, 0.4) is 0 Å². The average Bonchev–Trinajstić information content (AvgIpc) is 2.14. The van der Waals surface area contributed by atoms with Crippen LogP contribution in [0, 0.1) is 6.92 Å². The first-order valence-electron chi connectivity index (χ1n) is 5.35. The normalized spacial score (nSPS) is 13.9. The van der Waals surface area contributed by atoms with Gasteiger partial charge in [0.15, 0.2) is 0 Å². The van der Waals surface area contributed by atoms with Crippen molar-refractivity contribution in [1.82, 2.24) is 5.32 Å². The highest BCUT2D eigenvalue weighted by Gasteiger charge is 2.15. The molecule has 0 aliphatic rings. The van der Waals surface area contributed by atoms with Crippen LogP contribution >= 0.6 is 0 Å². The van der Waals surface area contributed by atoms with E-state index in [1.807, 2.05) is 52.0 Å². The quantitative estimate of drug-likeness (QED) is 0.804. The number of aryl methyl sites for hydroxylation is 1. The molecule has 1 unspecified atom stereocenters. The third kappa shape index (κ3) is 4.00. The SMILES string of the molecule is Cc1ccccc1C(F)CNC(C)(C)C. The van der Waals surface area contributed by atoms with Gasteiger partial charge in [-0.15, -0.1) is 0 Å². The molecular weight excluding hydrogens is 189 g/mol. The molecule has 2 heteroatoms. The van der Waals surface area contributed by atoms with Crippen LogP contribution in [-0.2, 0) is 0 Å². The number of hydrogen-bond acceptors (Lipinski definition) is 1. The minimum Gasteiger partial charge on any atom is -0.309 e. The Hall–Kier alpha value is -0.890. The Labute approximate surface area is 91.7 Å². The van der Waals surface area contributed by atoms with Gasteiger partial charge in [-0.1, -0.05) is 24.3 Å². The van der Waals surface area contributed by atoms with Gasteiger partial charge >= 0.3 is 0 Å². The molecule has 0 saturated heterocycles.